The maximum atomic E-state index is 13.3. The van der Waals surface area contributed by atoms with Gasteiger partial charge in [-0.1, -0.05) is 6.07 Å². The zero-order valence-corrected chi connectivity index (χ0v) is 17.7. The Balaban J connectivity index is 1.29. The molecule has 0 spiro atoms. The molecule has 2 N–H and O–H groups in total. The van der Waals surface area contributed by atoms with Crippen molar-refractivity contribution in [1.29, 1.82) is 0 Å². The van der Waals surface area contributed by atoms with Gasteiger partial charge in [-0.2, -0.15) is 23.3 Å². The number of nitrogens with one attached hydrogen (secondary N) is 2. The van der Waals surface area contributed by atoms with Crippen molar-refractivity contribution in [3.05, 3.63) is 59.0 Å². The maximum absolute atomic E-state index is 13.3. The van der Waals surface area contributed by atoms with Crippen molar-refractivity contribution in [2.45, 2.75) is 44.6 Å². The average molecular weight is 443 g/mol. The van der Waals surface area contributed by atoms with Crippen molar-refractivity contribution in [1.82, 2.24) is 24.6 Å². The third kappa shape index (κ3) is 4.69. The van der Waals surface area contributed by atoms with Crippen molar-refractivity contribution < 1.29 is 13.2 Å². The molecule has 0 unspecified atom stereocenters. The molecule has 1 saturated carbocycles. The molecule has 0 amide bonds. The van der Waals surface area contributed by atoms with E-state index in [9.17, 15) is 13.2 Å². The predicted molar refractivity (Wildman–Crippen MR) is 114 cm³/mol. The van der Waals surface area contributed by atoms with E-state index in [-0.39, 0.29) is 17.8 Å². The van der Waals surface area contributed by atoms with Crippen LogP contribution in [0.2, 0.25) is 0 Å². The van der Waals surface area contributed by atoms with Crippen LogP contribution in [0.4, 0.5) is 30.6 Å². The summed E-state index contributed by atoms with van der Waals surface area (Å²) in [6.45, 7) is 2.62. The minimum Gasteiger partial charge on any atom is -0.367 e. The molecule has 1 aliphatic carbocycles. The first kappa shape index (κ1) is 20.7. The molecule has 0 radical (unpaired) electrons. The molecule has 0 saturated heterocycles. The van der Waals surface area contributed by atoms with Gasteiger partial charge in [0, 0.05) is 56.4 Å². The Morgan fingerprint density at radius 1 is 1.16 bits per heavy atom. The van der Waals surface area contributed by atoms with E-state index < -0.39 is 11.7 Å². The Morgan fingerprint density at radius 2 is 2.00 bits per heavy atom. The topological polar surface area (TPSA) is 70.9 Å². The number of anilines is 3. The molecule has 3 aromatic rings. The average Bonchev–Trinajstić information content (AvgIpc) is 3.46. The molecular formula is C22H24F3N7. The maximum Gasteiger partial charge on any atom is 0.421 e. The molecule has 1 aliphatic heterocycles. The molecule has 168 valence electrons. The van der Waals surface area contributed by atoms with E-state index in [0.717, 1.165) is 50.8 Å². The fourth-order valence-corrected chi connectivity index (χ4v) is 3.95. The highest BCUT2D eigenvalue weighted by Gasteiger charge is 2.37. The number of hydrogen-bond acceptors (Lipinski definition) is 6. The van der Waals surface area contributed by atoms with Gasteiger partial charge in [0.1, 0.15) is 11.4 Å². The highest BCUT2D eigenvalue weighted by atomic mass is 19.4. The van der Waals surface area contributed by atoms with E-state index in [0.29, 0.717) is 0 Å². The lowest BCUT2D eigenvalue weighted by atomic mass is 9.99. The Hall–Kier alpha value is -3.14. The summed E-state index contributed by atoms with van der Waals surface area (Å²) in [7, 11) is 1.91. The van der Waals surface area contributed by atoms with Gasteiger partial charge in [0.05, 0.1) is 6.20 Å². The number of rotatable bonds is 6. The Labute approximate surface area is 183 Å². The van der Waals surface area contributed by atoms with Crippen molar-refractivity contribution in [2.75, 3.05) is 17.2 Å². The highest BCUT2D eigenvalue weighted by Crippen LogP contribution is 2.36. The molecule has 7 nitrogen and oxygen atoms in total. The molecule has 5 rings (SSSR count). The zero-order chi connectivity index (χ0) is 22.3. The van der Waals surface area contributed by atoms with Crippen LogP contribution in [0, 0.1) is 0 Å². The summed E-state index contributed by atoms with van der Waals surface area (Å²) in [5, 5.41) is 10.2. The summed E-state index contributed by atoms with van der Waals surface area (Å²) in [6, 6.07) is 6.06. The smallest absolute Gasteiger partial charge is 0.367 e. The van der Waals surface area contributed by atoms with E-state index >= 15 is 0 Å². The zero-order valence-electron chi connectivity index (χ0n) is 17.7. The third-order valence-corrected chi connectivity index (χ3v) is 5.73. The minimum atomic E-state index is -4.50. The number of fused-ring (bicyclic) bond motifs is 1. The van der Waals surface area contributed by atoms with Gasteiger partial charge in [0.15, 0.2) is 0 Å². The second kappa shape index (κ2) is 8.09. The van der Waals surface area contributed by atoms with Crippen LogP contribution in [0.25, 0.3) is 0 Å². The van der Waals surface area contributed by atoms with Gasteiger partial charge in [-0.15, -0.1) is 0 Å². The van der Waals surface area contributed by atoms with Crippen LogP contribution in [-0.2, 0) is 32.7 Å². The second-order valence-electron chi connectivity index (χ2n) is 8.46. The summed E-state index contributed by atoms with van der Waals surface area (Å²) < 4.78 is 41.7. The van der Waals surface area contributed by atoms with Gasteiger partial charge in [-0.3, -0.25) is 9.58 Å². The minimum absolute atomic E-state index is 0.0530. The molecular weight excluding hydrogens is 419 g/mol. The van der Waals surface area contributed by atoms with Crippen LogP contribution in [0.3, 0.4) is 0 Å². The van der Waals surface area contributed by atoms with Crippen molar-refractivity contribution in [3.8, 4) is 0 Å². The number of aryl methyl sites for hydroxylation is 1. The lowest BCUT2D eigenvalue weighted by Crippen LogP contribution is -2.29. The van der Waals surface area contributed by atoms with Crippen molar-refractivity contribution in [2.24, 2.45) is 7.05 Å². The molecule has 2 aromatic heterocycles. The largest absolute Gasteiger partial charge is 0.421 e. The van der Waals surface area contributed by atoms with E-state index in [1.165, 1.54) is 16.7 Å². The molecule has 2 aliphatic rings. The quantitative estimate of drug-likeness (QED) is 0.598. The molecule has 0 bridgehead atoms. The fraction of sp³-hybridized carbons (Fsp3) is 0.409. The van der Waals surface area contributed by atoms with Gasteiger partial charge in [0.25, 0.3) is 0 Å². The second-order valence-corrected chi connectivity index (χ2v) is 8.46. The van der Waals surface area contributed by atoms with Crippen LogP contribution in [0.15, 0.2) is 36.8 Å². The van der Waals surface area contributed by atoms with Crippen LogP contribution in [0.1, 0.15) is 35.1 Å². The summed E-state index contributed by atoms with van der Waals surface area (Å²) in [5.41, 5.74) is 3.58. The number of hydrogen-bond donors (Lipinski definition) is 2. The summed E-state index contributed by atoms with van der Waals surface area (Å²) in [5.74, 6) is -0.0170. The molecule has 1 aromatic carbocycles. The Morgan fingerprint density at radius 3 is 2.72 bits per heavy atom. The molecule has 10 heteroatoms. The Kier molecular flexibility index (Phi) is 5.24. The third-order valence-electron chi connectivity index (χ3n) is 5.73. The number of benzene rings is 1. The lowest BCUT2D eigenvalue weighted by Gasteiger charge is -2.28. The summed E-state index contributed by atoms with van der Waals surface area (Å²) >= 11 is 0. The SMILES string of the molecule is Cn1cc(CN2CCc3cc(Nc4ncc(C(F)(F)F)c(NC5CC5)n4)ccc3C2)cn1. The van der Waals surface area contributed by atoms with Crippen LogP contribution in [0.5, 0.6) is 0 Å². The standard InChI is InChI=1S/C22H24F3N7/c1-31-11-14(9-27-31)12-32-7-6-15-8-18(3-2-16(15)13-32)29-21-26-10-19(22(23,24)25)20(30-21)28-17-4-5-17/h2-3,8-11,17H,4-7,12-13H2,1H3,(H2,26,28,29,30). The van der Waals surface area contributed by atoms with Gasteiger partial charge in [-0.25, -0.2) is 4.98 Å². The predicted octanol–water partition coefficient (Wildman–Crippen LogP) is 4.11. The number of nitrogens with zero attached hydrogens (tertiary/aromatic N) is 5. The number of halogens is 3. The first-order chi connectivity index (χ1) is 15.3. The lowest BCUT2D eigenvalue weighted by molar-refractivity contribution is -0.137. The molecule has 32 heavy (non-hydrogen) atoms. The number of alkyl halides is 3. The number of aromatic nitrogens is 4. The van der Waals surface area contributed by atoms with Crippen LogP contribution in [-0.4, -0.2) is 37.2 Å². The van der Waals surface area contributed by atoms with E-state index in [1.807, 2.05) is 31.6 Å². The normalized spacial score (nSPS) is 16.6. The van der Waals surface area contributed by atoms with E-state index in [4.69, 9.17) is 0 Å². The first-order valence-corrected chi connectivity index (χ1v) is 10.6. The van der Waals surface area contributed by atoms with Crippen molar-refractivity contribution >= 4 is 17.5 Å². The van der Waals surface area contributed by atoms with E-state index in [2.05, 4.69) is 36.7 Å². The first-order valence-electron chi connectivity index (χ1n) is 10.6. The van der Waals surface area contributed by atoms with Crippen molar-refractivity contribution in [3.63, 3.8) is 0 Å². The molecule has 3 heterocycles. The fourth-order valence-electron chi connectivity index (χ4n) is 3.95. The van der Waals surface area contributed by atoms with Gasteiger partial charge >= 0.3 is 6.18 Å². The van der Waals surface area contributed by atoms with Crippen LogP contribution >= 0.6 is 0 Å². The molecule has 0 atom stereocenters. The van der Waals surface area contributed by atoms with Gasteiger partial charge in [-0.05, 0) is 42.5 Å². The monoisotopic (exact) mass is 443 g/mol. The van der Waals surface area contributed by atoms with E-state index in [1.54, 1.807) is 4.68 Å². The molecule has 1 fully saturated rings. The highest BCUT2D eigenvalue weighted by molar-refractivity contribution is 5.59. The van der Waals surface area contributed by atoms with Gasteiger partial charge in [0.2, 0.25) is 5.95 Å². The van der Waals surface area contributed by atoms with Crippen LogP contribution < -0.4 is 10.6 Å². The van der Waals surface area contributed by atoms with Gasteiger partial charge < -0.3 is 10.6 Å². The summed E-state index contributed by atoms with van der Waals surface area (Å²) in [6.07, 6.45) is 2.86. The summed E-state index contributed by atoms with van der Waals surface area (Å²) in [4.78, 5) is 10.4. The Bertz CT molecular complexity index is 1120.